The minimum atomic E-state index is -0.693. The van der Waals surface area contributed by atoms with Crippen LogP contribution in [0.4, 0.5) is 0 Å². The predicted octanol–water partition coefficient (Wildman–Crippen LogP) is 2.81. The minimum Gasteiger partial charge on any atom is -0.507 e. The van der Waals surface area contributed by atoms with Crippen molar-refractivity contribution in [3.8, 4) is 5.75 Å². The molecule has 32 heavy (non-hydrogen) atoms. The van der Waals surface area contributed by atoms with E-state index in [1.54, 1.807) is 18.7 Å². The Morgan fingerprint density at radius 3 is 2.31 bits per heavy atom. The highest BCUT2D eigenvalue weighted by Crippen LogP contribution is 2.40. The first-order valence-corrected chi connectivity index (χ1v) is 10.7. The number of hydrogen-bond acceptors (Lipinski definition) is 6. The number of nitrogens with zero attached hydrogens (tertiary/aromatic N) is 4. The fourth-order valence-electron chi connectivity index (χ4n) is 4.02. The lowest BCUT2D eigenvalue weighted by Gasteiger charge is -2.26. The number of hydrogen-bond donors (Lipinski definition) is 1. The van der Waals surface area contributed by atoms with Crippen molar-refractivity contribution in [1.82, 2.24) is 19.6 Å². The van der Waals surface area contributed by atoms with Crippen LogP contribution in [0.25, 0.3) is 5.76 Å². The molecule has 1 atom stereocenters. The van der Waals surface area contributed by atoms with Crippen molar-refractivity contribution in [2.24, 2.45) is 7.05 Å². The Balaban J connectivity index is 2.15. The summed E-state index contributed by atoms with van der Waals surface area (Å²) in [6.07, 6.45) is 0.0307. The standard InChI is InChI=1S/C24H32N4O4/c1-14(2)32-18-10-8-17(9-11-18)21-20(22(29)19-15(3)25-27(7)16(19)4)23(30)24(31)28(21)13-12-26(5)6/h8-11,14,21,29H,12-13H2,1-7H3/b22-20+. The number of Topliss-reactive ketones (excluding diaryl/α,β-unsaturated/α-hetero) is 1. The summed E-state index contributed by atoms with van der Waals surface area (Å²) in [6.45, 7) is 8.43. The van der Waals surface area contributed by atoms with Gasteiger partial charge in [-0.25, -0.2) is 0 Å². The first-order valence-electron chi connectivity index (χ1n) is 10.7. The van der Waals surface area contributed by atoms with Crippen LogP contribution in [0.2, 0.25) is 0 Å². The van der Waals surface area contributed by atoms with Gasteiger partial charge in [-0.2, -0.15) is 5.10 Å². The normalized spacial score (nSPS) is 18.3. The maximum Gasteiger partial charge on any atom is 0.295 e. The zero-order valence-electron chi connectivity index (χ0n) is 19.8. The molecule has 1 N–H and O–H groups in total. The van der Waals surface area contributed by atoms with Crippen LogP contribution in [0.1, 0.15) is 42.4 Å². The van der Waals surface area contributed by atoms with Crippen LogP contribution in [-0.2, 0) is 16.6 Å². The van der Waals surface area contributed by atoms with Gasteiger partial charge >= 0.3 is 0 Å². The number of carbonyl (C=O) groups excluding carboxylic acids is 2. The van der Waals surface area contributed by atoms with Crippen molar-refractivity contribution < 1.29 is 19.4 Å². The monoisotopic (exact) mass is 440 g/mol. The SMILES string of the molecule is Cc1nn(C)c(C)c1/C(O)=C1\C(=O)C(=O)N(CCN(C)C)C1c1ccc(OC(C)C)cc1. The number of aliphatic hydroxyl groups is 1. The van der Waals surface area contributed by atoms with E-state index in [2.05, 4.69) is 5.10 Å². The second kappa shape index (κ2) is 9.16. The van der Waals surface area contributed by atoms with Gasteiger partial charge < -0.3 is 19.6 Å². The molecule has 1 fully saturated rings. The average Bonchev–Trinajstić information content (AvgIpc) is 3.12. The topological polar surface area (TPSA) is 87.9 Å². The molecule has 0 radical (unpaired) electrons. The van der Waals surface area contributed by atoms with Crippen LogP contribution in [0.3, 0.4) is 0 Å². The molecular formula is C24H32N4O4. The van der Waals surface area contributed by atoms with Crippen LogP contribution >= 0.6 is 0 Å². The molecule has 0 bridgehead atoms. The molecular weight excluding hydrogens is 408 g/mol. The summed E-state index contributed by atoms with van der Waals surface area (Å²) in [5.41, 5.74) is 2.63. The third-order valence-corrected chi connectivity index (χ3v) is 5.64. The van der Waals surface area contributed by atoms with Gasteiger partial charge in [-0.1, -0.05) is 12.1 Å². The number of ether oxygens (including phenoxy) is 1. The number of carbonyl (C=O) groups is 2. The van der Waals surface area contributed by atoms with Crippen molar-refractivity contribution in [3.63, 3.8) is 0 Å². The summed E-state index contributed by atoms with van der Waals surface area (Å²) < 4.78 is 7.38. The van der Waals surface area contributed by atoms with E-state index in [1.165, 1.54) is 4.90 Å². The summed E-state index contributed by atoms with van der Waals surface area (Å²) in [6, 6.07) is 6.63. The van der Waals surface area contributed by atoms with Crippen LogP contribution in [-0.4, -0.2) is 69.7 Å². The number of ketones is 1. The molecule has 1 amide bonds. The lowest BCUT2D eigenvalue weighted by molar-refractivity contribution is -0.140. The third kappa shape index (κ3) is 4.41. The number of rotatable bonds is 7. The van der Waals surface area contributed by atoms with Crippen molar-refractivity contribution in [3.05, 3.63) is 52.4 Å². The molecule has 2 heterocycles. The van der Waals surface area contributed by atoms with Gasteiger partial charge in [0, 0.05) is 25.8 Å². The molecule has 8 nitrogen and oxygen atoms in total. The number of likely N-dealkylation sites (tertiary alicyclic amines) is 1. The van der Waals surface area contributed by atoms with Crippen molar-refractivity contribution >= 4 is 17.4 Å². The van der Waals surface area contributed by atoms with E-state index in [4.69, 9.17) is 4.74 Å². The Hall–Kier alpha value is -3.13. The quantitative estimate of drug-likeness (QED) is 0.405. The molecule has 1 saturated heterocycles. The second-order valence-corrected chi connectivity index (χ2v) is 8.70. The maximum absolute atomic E-state index is 13.1. The van der Waals surface area contributed by atoms with Crippen molar-refractivity contribution in [1.29, 1.82) is 0 Å². The second-order valence-electron chi connectivity index (χ2n) is 8.70. The number of aromatic nitrogens is 2. The molecule has 1 aromatic heterocycles. The van der Waals surface area contributed by atoms with Gasteiger partial charge in [-0.3, -0.25) is 14.3 Å². The zero-order chi connectivity index (χ0) is 23.7. The molecule has 0 aliphatic carbocycles. The smallest absolute Gasteiger partial charge is 0.295 e. The summed E-state index contributed by atoms with van der Waals surface area (Å²) in [7, 11) is 5.59. The van der Waals surface area contributed by atoms with E-state index < -0.39 is 17.7 Å². The minimum absolute atomic E-state index is 0.0307. The van der Waals surface area contributed by atoms with E-state index in [0.29, 0.717) is 30.1 Å². The third-order valence-electron chi connectivity index (χ3n) is 5.64. The molecule has 1 unspecified atom stereocenters. The van der Waals surface area contributed by atoms with E-state index in [0.717, 1.165) is 11.3 Å². The highest BCUT2D eigenvalue weighted by Gasteiger charge is 2.46. The molecule has 3 rings (SSSR count). The number of aryl methyl sites for hydroxylation is 2. The molecule has 0 spiro atoms. The molecule has 1 aromatic carbocycles. The Labute approximate surface area is 189 Å². The molecule has 0 saturated carbocycles. The van der Waals surface area contributed by atoms with Gasteiger partial charge in [0.1, 0.15) is 11.5 Å². The van der Waals surface area contributed by atoms with Gasteiger partial charge in [0.05, 0.1) is 29.0 Å². The van der Waals surface area contributed by atoms with Gasteiger partial charge in [0.2, 0.25) is 0 Å². The maximum atomic E-state index is 13.1. The number of benzene rings is 1. The molecule has 2 aromatic rings. The first kappa shape index (κ1) is 23.5. The molecule has 1 aliphatic heterocycles. The van der Waals surface area contributed by atoms with Crippen molar-refractivity contribution in [2.75, 3.05) is 27.2 Å². The molecule has 1 aliphatic rings. The lowest BCUT2D eigenvalue weighted by atomic mass is 9.94. The van der Waals surface area contributed by atoms with E-state index in [-0.39, 0.29) is 17.4 Å². The van der Waals surface area contributed by atoms with Crippen molar-refractivity contribution in [2.45, 2.75) is 39.8 Å². The summed E-state index contributed by atoms with van der Waals surface area (Å²) in [5, 5.41) is 15.6. The summed E-state index contributed by atoms with van der Waals surface area (Å²) >= 11 is 0. The number of likely N-dealkylation sites (N-methyl/N-ethyl adjacent to an activating group) is 1. The molecule has 172 valence electrons. The van der Waals surface area contributed by atoms with E-state index in [1.807, 2.05) is 64.0 Å². The Morgan fingerprint density at radius 1 is 1.19 bits per heavy atom. The van der Waals surface area contributed by atoms with E-state index in [9.17, 15) is 14.7 Å². The number of amides is 1. The van der Waals surface area contributed by atoms with Crippen LogP contribution < -0.4 is 4.74 Å². The van der Waals surface area contributed by atoms with Crippen LogP contribution in [0.5, 0.6) is 5.75 Å². The lowest BCUT2D eigenvalue weighted by Crippen LogP contribution is -2.35. The highest BCUT2D eigenvalue weighted by atomic mass is 16.5. The van der Waals surface area contributed by atoms with Gasteiger partial charge in [0.25, 0.3) is 11.7 Å². The van der Waals surface area contributed by atoms with Crippen LogP contribution in [0, 0.1) is 13.8 Å². The summed E-state index contributed by atoms with van der Waals surface area (Å²) in [4.78, 5) is 29.6. The Kier molecular flexibility index (Phi) is 6.74. The molecule has 8 heteroatoms. The van der Waals surface area contributed by atoms with Gasteiger partial charge in [-0.15, -0.1) is 0 Å². The Morgan fingerprint density at radius 2 is 1.81 bits per heavy atom. The van der Waals surface area contributed by atoms with Gasteiger partial charge in [0.15, 0.2) is 0 Å². The summed E-state index contributed by atoms with van der Waals surface area (Å²) in [5.74, 6) is -0.782. The average molecular weight is 441 g/mol. The zero-order valence-corrected chi connectivity index (χ0v) is 19.8. The Bertz CT molecular complexity index is 1050. The number of aliphatic hydroxyl groups excluding tert-OH is 1. The highest BCUT2D eigenvalue weighted by molar-refractivity contribution is 6.46. The first-order chi connectivity index (χ1) is 15.0. The van der Waals surface area contributed by atoms with E-state index >= 15 is 0 Å². The predicted molar refractivity (Wildman–Crippen MR) is 122 cm³/mol. The largest absolute Gasteiger partial charge is 0.507 e. The fourth-order valence-corrected chi connectivity index (χ4v) is 4.02. The van der Waals surface area contributed by atoms with Gasteiger partial charge in [-0.05, 0) is 59.5 Å². The fraction of sp³-hybridized carbons (Fsp3) is 0.458. The van der Waals surface area contributed by atoms with Crippen LogP contribution in [0.15, 0.2) is 29.8 Å².